The van der Waals surface area contributed by atoms with Crippen LogP contribution >= 0.6 is 0 Å². The third-order valence-electron chi connectivity index (χ3n) is 4.39. The molecule has 2 N–H and O–H groups in total. The van der Waals surface area contributed by atoms with Crippen molar-refractivity contribution in [1.82, 2.24) is 24.8 Å². The third kappa shape index (κ3) is 2.50. The first-order valence-corrected chi connectivity index (χ1v) is 7.99. The van der Waals surface area contributed by atoms with Crippen LogP contribution in [0.15, 0.2) is 30.5 Å². The summed E-state index contributed by atoms with van der Waals surface area (Å²) in [5.41, 5.74) is 2.84. The number of rotatable bonds is 2. The van der Waals surface area contributed by atoms with Crippen molar-refractivity contribution in [3.63, 3.8) is 0 Å². The standard InChI is InChI=1S/C17H19N5O/c1-11-10-18-16(19-11)17(23)22-9-5-4-8-14(22)15-20-12-6-2-3-7-13(12)21-15/h2-3,6-7,10,14H,4-5,8-9H2,1H3,(H,18,19)(H,20,21)/t14-/m1/s1. The number of H-pyrrole nitrogens is 2. The zero-order valence-electron chi connectivity index (χ0n) is 13.0. The Labute approximate surface area is 133 Å². The minimum Gasteiger partial charge on any atom is -0.340 e. The highest BCUT2D eigenvalue weighted by molar-refractivity contribution is 5.91. The van der Waals surface area contributed by atoms with Gasteiger partial charge in [0.05, 0.1) is 17.1 Å². The summed E-state index contributed by atoms with van der Waals surface area (Å²) in [6.45, 7) is 2.64. The maximum atomic E-state index is 12.8. The molecule has 1 fully saturated rings. The quantitative estimate of drug-likeness (QED) is 0.764. The van der Waals surface area contributed by atoms with Crippen LogP contribution in [0, 0.1) is 6.92 Å². The van der Waals surface area contributed by atoms with Crippen LogP contribution in [0.3, 0.4) is 0 Å². The van der Waals surface area contributed by atoms with Crippen LogP contribution < -0.4 is 0 Å². The molecule has 2 aromatic heterocycles. The Morgan fingerprint density at radius 1 is 1.26 bits per heavy atom. The number of piperidine rings is 1. The van der Waals surface area contributed by atoms with Gasteiger partial charge in [0.15, 0.2) is 5.82 Å². The maximum Gasteiger partial charge on any atom is 0.290 e. The predicted octanol–water partition coefficient (Wildman–Crippen LogP) is 2.96. The van der Waals surface area contributed by atoms with Crippen LogP contribution in [0.5, 0.6) is 0 Å². The van der Waals surface area contributed by atoms with Crippen molar-refractivity contribution in [3.05, 3.63) is 47.8 Å². The van der Waals surface area contributed by atoms with Gasteiger partial charge in [0.2, 0.25) is 0 Å². The number of nitrogens with zero attached hydrogens (tertiary/aromatic N) is 3. The normalized spacial score (nSPS) is 18.5. The molecule has 0 radical (unpaired) electrons. The highest BCUT2D eigenvalue weighted by Gasteiger charge is 2.31. The zero-order chi connectivity index (χ0) is 15.8. The van der Waals surface area contributed by atoms with E-state index in [9.17, 15) is 4.79 Å². The van der Waals surface area contributed by atoms with Crippen molar-refractivity contribution in [1.29, 1.82) is 0 Å². The second kappa shape index (κ2) is 5.53. The molecule has 0 aliphatic carbocycles. The van der Waals surface area contributed by atoms with Crippen molar-refractivity contribution in [2.45, 2.75) is 32.2 Å². The van der Waals surface area contributed by atoms with E-state index >= 15 is 0 Å². The fourth-order valence-corrected chi connectivity index (χ4v) is 3.25. The van der Waals surface area contributed by atoms with E-state index in [4.69, 9.17) is 0 Å². The lowest BCUT2D eigenvalue weighted by Gasteiger charge is -2.33. The van der Waals surface area contributed by atoms with Crippen molar-refractivity contribution >= 4 is 16.9 Å². The highest BCUT2D eigenvalue weighted by atomic mass is 16.2. The van der Waals surface area contributed by atoms with Gasteiger partial charge in [0, 0.05) is 18.4 Å². The molecule has 1 aliphatic heterocycles. The Hall–Kier alpha value is -2.63. The van der Waals surface area contributed by atoms with Crippen LogP contribution in [0.4, 0.5) is 0 Å². The Morgan fingerprint density at radius 2 is 2.13 bits per heavy atom. The molecule has 4 rings (SSSR count). The minimum absolute atomic E-state index is 0.0194. The van der Waals surface area contributed by atoms with Gasteiger partial charge in [-0.1, -0.05) is 12.1 Å². The van der Waals surface area contributed by atoms with Crippen LogP contribution in [0.2, 0.25) is 0 Å². The topological polar surface area (TPSA) is 77.7 Å². The van der Waals surface area contributed by atoms with Crippen LogP contribution in [-0.4, -0.2) is 37.3 Å². The van der Waals surface area contributed by atoms with Crippen molar-refractivity contribution < 1.29 is 4.79 Å². The minimum atomic E-state index is -0.0525. The summed E-state index contributed by atoms with van der Waals surface area (Å²) >= 11 is 0. The van der Waals surface area contributed by atoms with Gasteiger partial charge in [0.1, 0.15) is 5.82 Å². The number of carbonyl (C=O) groups is 1. The third-order valence-corrected chi connectivity index (χ3v) is 4.39. The van der Waals surface area contributed by atoms with E-state index in [0.717, 1.165) is 48.4 Å². The first kappa shape index (κ1) is 14.0. The monoisotopic (exact) mass is 309 g/mol. The maximum absolute atomic E-state index is 12.8. The lowest BCUT2D eigenvalue weighted by Crippen LogP contribution is -2.39. The second-order valence-electron chi connectivity index (χ2n) is 6.06. The van der Waals surface area contributed by atoms with E-state index in [1.54, 1.807) is 6.20 Å². The van der Waals surface area contributed by atoms with Crippen molar-refractivity contribution in [2.75, 3.05) is 6.54 Å². The fraction of sp³-hybridized carbons (Fsp3) is 0.353. The molecular formula is C17H19N5O. The number of amides is 1. The number of nitrogens with one attached hydrogen (secondary N) is 2. The molecule has 3 heterocycles. The van der Waals surface area contributed by atoms with E-state index in [2.05, 4.69) is 19.9 Å². The summed E-state index contributed by atoms with van der Waals surface area (Å²) in [7, 11) is 0. The Kier molecular flexibility index (Phi) is 3.37. The van der Waals surface area contributed by atoms with E-state index in [1.165, 1.54) is 0 Å². The Morgan fingerprint density at radius 3 is 2.91 bits per heavy atom. The molecule has 1 saturated heterocycles. The van der Waals surface area contributed by atoms with Gasteiger partial charge in [0.25, 0.3) is 5.91 Å². The average Bonchev–Trinajstić information content (AvgIpc) is 3.20. The molecule has 6 heteroatoms. The number of fused-ring (bicyclic) bond motifs is 1. The smallest absolute Gasteiger partial charge is 0.290 e. The largest absolute Gasteiger partial charge is 0.340 e. The number of aromatic amines is 2. The molecule has 6 nitrogen and oxygen atoms in total. The lowest BCUT2D eigenvalue weighted by atomic mass is 10.0. The molecule has 118 valence electrons. The van der Waals surface area contributed by atoms with Crippen LogP contribution in [0.1, 0.15) is 47.4 Å². The summed E-state index contributed by atoms with van der Waals surface area (Å²) in [4.78, 5) is 30.0. The van der Waals surface area contributed by atoms with Gasteiger partial charge in [-0.2, -0.15) is 0 Å². The molecule has 0 saturated carbocycles. The van der Waals surface area contributed by atoms with Crippen molar-refractivity contribution in [3.8, 4) is 0 Å². The first-order chi connectivity index (χ1) is 11.2. The molecule has 3 aromatic rings. The van der Waals surface area contributed by atoms with Crippen molar-refractivity contribution in [2.24, 2.45) is 0 Å². The molecule has 1 aromatic carbocycles. The molecule has 23 heavy (non-hydrogen) atoms. The van der Waals surface area contributed by atoms with Gasteiger partial charge < -0.3 is 14.9 Å². The number of imidazole rings is 2. The zero-order valence-corrected chi connectivity index (χ0v) is 13.0. The molecule has 0 spiro atoms. The van der Waals surface area contributed by atoms with E-state index < -0.39 is 0 Å². The number of aromatic nitrogens is 4. The van der Waals surface area contributed by atoms with E-state index in [-0.39, 0.29) is 11.9 Å². The Bertz CT molecular complexity index is 816. The number of para-hydroxylation sites is 2. The summed E-state index contributed by atoms with van der Waals surface area (Å²) in [5, 5.41) is 0. The number of aryl methyl sites for hydroxylation is 1. The highest BCUT2D eigenvalue weighted by Crippen LogP contribution is 2.31. The summed E-state index contributed by atoms with van der Waals surface area (Å²) in [5.74, 6) is 1.22. The molecule has 1 atom stereocenters. The number of hydrogen-bond acceptors (Lipinski definition) is 3. The number of carbonyl (C=O) groups excluding carboxylic acids is 1. The predicted molar refractivity (Wildman–Crippen MR) is 87.0 cm³/mol. The number of hydrogen-bond donors (Lipinski definition) is 2. The van der Waals surface area contributed by atoms with Gasteiger partial charge in [-0.3, -0.25) is 4.79 Å². The molecule has 1 amide bonds. The van der Waals surface area contributed by atoms with Gasteiger partial charge in [-0.05, 0) is 38.3 Å². The lowest BCUT2D eigenvalue weighted by molar-refractivity contribution is 0.0589. The summed E-state index contributed by atoms with van der Waals surface area (Å²) in [6, 6.07) is 7.94. The molecular weight excluding hydrogens is 290 g/mol. The van der Waals surface area contributed by atoms with E-state index in [1.807, 2.05) is 36.1 Å². The number of likely N-dealkylation sites (tertiary alicyclic amines) is 1. The number of benzene rings is 1. The van der Waals surface area contributed by atoms with E-state index in [0.29, 0.717) is 5.82 Å². The first-order valence-electron chi connectivity index (χ1n) is 7.99. The molecule has 0 bridgehead atoms. The fourth-order valence-electron chi connectivity index (χ4n) is 3.25. The molecule has 1 aliphatic rings. The average molecular weight is 309 g/mol. The van der Waals surface area contributed by atoms with Gasteiger partial charge in [-0.25, -0.2) is 9.97 Å². The summed E-state index contributed by atoms with van der Waals surface area (Å²) < 4.78 is 0. The SMILES string of the molecule is Cc1cnc(C(=O)N2CCCC[C@@H]2c2nc3ccccc3[nH]2)[nH]1. The van der Waals surface area contributed by atoms with Gasteiger partial charge >= 0.3 is 0 Å². The Balaban J connectivity index is 1.68. The second-order valence-corrected chi connectivity index (χ2v) is 6.06. The molecule has 0 unspecified atom stereocenters. The summed E-state index contributed by atoms with van der Waals surface area (Å²) in [6.07, 6.45) is 4.73. The van der Waals surface area contributed by atoms with Crippen LogP contribution in [-0.2, 0) is 0 Å². The van der Waals surface area contributed by atoms with Gasteiger partial charge in [-0.15, -0.1) is 0 Å². The van der Waals surface area contributed by atoms with Crippen LogP contribution in [0.25, 0.3) is 11.0 Å².